The minimum Gasteiger partial charge on any atom is -0.278 e. The summed E-state index contributed by atoms with van der Waals surface area (Å²) in [5, 5.41) is 0.210. The predicted octanol–water partition coefficient (Wildman–Crippen LogP) is 3.20. The Kier molecular flexibility index (Phi) is 3.48. The third-order valence-corrected chi connectivity index (χ3v) is 3.02. The molecule has 0 saturated carbocycles. The van der Waals surface area contributed by atoms with Crippen LogP contribution in [-0.2, 0) is 11.0 Å². The van der Waals surface area contributed by atoms with Crippen molar-refractivity contribution in [1.29, 1.82) is 0 Å². The average Bonchev–Trinajstić information content (AvgIpc) is 2.78. The molecule has 0 spiro atoms. The lowest BCUT2D eigenvalue weighted by molar-refractivity contribution is -0.134. The molecule has 0 radical (unpaired) electrons. The minimum absolute atomic E-state index is 0.210. The molecule has 2 rings (SSSR count). The standard InChI is InChI=1S/C10H8F3N3OS/c1-17-16-8-4-2-3-6(15-8)9-14-5-7(18-9)10(11,12)13/h2-5H,1H3,(H,15,16). The Hall–Kier alpha value is -1.67. The number of anilines is 1. The Bertz CT molecular complexity index is 541. The second-order valence-electron chi connectivity index (χ2n) is 3.24. The van der Waals surface area contributed by atoms with Gasteiger partial charge in [-0.05, 0) is 12.1 Å². The summed E-state index contributed by atoms with van der Waals surface area (Å²) in [6, 6.07) is 4.86. The zero-order chi connectivity index (χ0) is 13.2. The molecule has 0 aliphatic rings. The van der Waals surface area contributed by atoms with Gasteiger partial charge in [-0.3, -0.25) is 4.84 Å². The summed E-state index contributed by atoms with van der Waals surface area (Å²) in [4.78, 5) is 11.7. The molecule has 18 heavy (non-hydrogen) atoms. The van der Waals surface area contributed by atoms with Gasteiger partial charge in [0.2, 0.25) is 0 Å². The van der Waals surface area contributed by atoms with Crippen LogP contribution in [0.25, 0.3) is 10.7 Å². The van der Waals surface area contributed by atoms with Crippen LogP contribution in [0.4, 0.5) is 19.0 Å². The van der Waals surface area contributed by atoms with Crippen LogP contribution in [0.3, 0.4) is 0 Å². The molecule has 4 nitrogen and oxygen atoms in total. The lowest BCUT2D eigenvalue weighted by Gasteiger charge is -2.03. The highest BCUT2D eigenvalue weighted by Gasteiger charge is 2.33. The van der Waals surface area contributed by atoms with Gasteiger partial charge >= 0.3 is 6.18 Å². The lowest BCUT2D eigenvalue weighted by Crippen LogP contribution is -2.00. The van der Waals surface area contributed by atoms with Gasteiger partial charge in [0.15, 0.2) is 0 Å². The summed E-state index contributed by atoms with van der Waals surface area (Å²) in [5.74, 6) is 0.402. The summed E-state index contributed by atoms with van der Waals surface area (Å²) in [6.45, 7) is 0. The van der Waals surface area contributed by atoms with Crippen molar-refractivity contribution >= 4 is 17.2 Å². The Labute approximate surface area is 104 Å². The summed E-state index contributed by atoms with van der Waals surface area (Å²) in [6.07, 6.45) is -3.57. The van der Waals surface area contributed by atoms with Gasteiger partial charge < -0.3 is 0 Å². The van der Waals surface area contributed by atoms with Crippen molar-refractivity contribution in [2.75, 3.05) is 12.6 Å². The Balaban J connectivity index is 2.31. The summed E-state index contributed by atoms with van der Waals surface area (Å²) < 4.78 is 37.3. The number of alkyl halides is 3. The highest BCUT2D eigenvalue weighted by molar-refractivity contribution is 7.15. The molecule has 2 aromatic rings. The maximum Gasteiger partial charge on any atom is 0.427 e. The van der Waals surface area contributed by atoms with E-state index in [2.05, 4.69) is 20.3 Å². The summed E-state index contributed by atoms with van der Waals surface area (Å²) >= 11 is 0.553. The van der Waals surface area contributed by atoms with Gasteiger partial charge in [0.25, 0.3) is 0 Å². The molecule has 0 aromatic carbocycles. The molecule has 2 heterocycles. The molecule has 0 saturated heterocycles. The van der Waals surface area contributed by atoms with E-state index in [1.54, 1.807) is 18.2 Å². The average molecular weight is 275 g/mol. The van der Waals surface area contributed by atoms with Gasteiger partial charge in [-0.25, -0.2) is 15.4 Å². The van der Waals surface area contributed by atoms with Crippen LogP contribution in [-0.4, -0.2) is 17.1 Å². The third kappa shape index (κ3) is 2.77. The number of thiazole rings is 1. The largest absolute Gasteiger partial charge is 0.427 e. The highest BCUT2D eigenvalue weighted by atomic mass is 32.1. The fourth-order valence-corrected chi connectivity index (χ4v) is 1.99. The summed E-state index contributed by atoms with van der Waals surface area (Å²) in [7, 11) is 1.42. The van der Waals surface area contributed by atoms with E-state index >= 15 is 0 Å². The Morgan fingerprint density at radius 2 is 2.11 bits per heavy atom. The van der Waals surface area contributed by atoms with Crippen LogP contribution in [0.5, 0.6) is 0 Å². The van der Waals surface area contributed by atoms with E-state index in [9.17, 15) is 13.2 Å². The minimum atomic E-state index is -4.38. The first kappa shape index (κ1) is 12.8. The first-order valence-corrected chi connectivity index (χ1v) is 5.62. The SMILES string of the molecule is CONc1cccc(-c2ncc(C(F)(F)F)s2)n1. The Morgan fingerprint density at radius 3 is 2.72 bits per heavy atom. The number of aromatic nitrogens is 2. The normalized spacial score (nSPS) is 11.6. The molecule has 0 fully saturated rings. The number of nitrogens with one attached hydrogen (secondary N) is 1. The molecular weight excluding hydrogens is 267 g/mol. The number of halogens is 3. The number of nitrogens with zero attached hydrogens (tertiary/aromatic N) is 2. The molecule has 96 valence electrons. The molecule has 0 bridgehead atoms. The molecule has 8 heteroatoms. The van der Waals surface area contributed by atoms with Crippen molar-refractivity contribution < 1.29 is 18.0 Å². The van der Waals surface area contributed by atoms with E-state index in [1.165, 1.54) is 7.11 Å². The van der Waals surface area contributed by atoms with Crippen LogP contribution >= 0.6 is 11.3 Å². The van der Waals surface area contributed by atoms with E-state index in [0.717, 1.165) is 6.20 Å². The van der Waals surface area contributed by atoms with Crippen molar-refractivity contribution in [3.63, 3.8) is 0 Å². The van der Waals surface area contributed by atoms with Crippen LogP contribution in [0.1, 0.15) is 4.88 Å². The lowest BCUT2D eigenvalue weighted by atomic mass is 10.3. The van der Waals surface area contributed by atoms with Crippen LogP contribution in [0, 0.1) is 0 Å². The van der Waals surface area contributed by atoms with Gasteiger partial charge in [-0.15, -0.1) is 11.3 Å². The first-order valence-electron chi connectivity index (χ1n) is 4.80. The van der Waals surface area contributed by atoms with Gasteiger partial charge in [0, 0.05) is 0 Å². The molecular formula is C10H8F3N3OS. The summed E-state index contributed by atoms with van der Waals surface area (Å²) in [5.41, 5.74) is 2.86. The second kappa shape index (κ2) is 4.91. The molecule has 0 amide bonds. The monoisotopic (exact) mass is 275 g/mol. The van der Waals surface area contributed by atoms with Gasteiger partial charge in [0.05, 0.1) is 13.3 Å². The van der Waals surface area contributed by atoms with Crippen molar-refractivity contribution in [2.45, 2.75) is 6.18 Å². The van der Waals surface area contributed by atoms with Crippen LogP contribution < -0.4 is 5.48 Å². The van der Waals surface area contributed by atoms with E-state index in [4.69, 9.17) is 0 Å². The maximum atomic E-state index is 12.4. The maximum absolute atomic E-state index is 12.4. The fourth-order valence-electron chi connectivity index (χ4n) is 1.24. The van der Waals surface area contributed by atoms with Gasteiger partial charge in [-0.1, -0.05) is 6.07 Å². The number of rotatable bonds is 3. The molecule has 1 N–H and O–H groups in total. The molecule has 0 atom stereocenters. The molecule has 0 unspecified atom stereocenters. The number of hydrogen-bond acceptors (Lipinski definition) is 5. The van der Waals surface area contributed by atoms with Gasteiger partial charge in [0.1, 0.15) is 21.4 Å². The zero-order valence-corrected chi connectivity index (χ0v) is 9.97. The smallest absolute Gasteiger partial charge is 0.278 e. The van der Waals surface area contributed by atoms with Crippen molar-refractivity contribution in [3.05, 3.63) is 29.3 Å². The predicted molar refractivity (Wildman–Crippen MR) is 61.0 cm³/mol. The van der Waals surface area contributed by atoms with Crippen molar-refractivity contribution in [3.8, 4) is 10.7 Å². The topological polar surface area (TPSA) is 47.0 Å². The molecule has 0 aliphatic carbocycles. The van der Waals surface area contributed by atoms with E-state index in [1.807, 2.05) is 0 Å². The first-order chi connectivity index (χ1) is 8.50. The van der Waals surface area contributed by atoms with E-state index in [-0.39, 0.29) is 5.01 Å². The molecule has 2 aromatic heterocycles. The van der Waals surface area contributed by atoms with E-state index < -0.39 is 11.1 Å². The fraction of sp³-hybridized carbons (Fsp3) is 0.200. The number of pyridine rings is 1. The Morgan fingerprint density at radius 1 is 1.33 bits per heavy atom. The third-order valence-electron chi connectivity index (χ3n) is 1.96. The van der Waals surface area contributed by atoms with Gasteiger partial charge in [-0.2, -0.15) is 13.2 Å². The van der Waals surface area contributed by atoms with E-state index in [0.29, 0.717) is 22.8 Å². The highest BCUT2D eigenvalue weighted by Crippen LogP contribution is 2.36. The van der Waals surface area contributed by atoms with Crippen molar-refractivity contribution in [1.82, 2.24) is 9.97 Å². The zero-order valence-electron chi connectivity index (χ0n) is 9.15. The second-order valence-corrected chi connectivity index (χ2v) is 4.27. The quantitative estimate of drug-likeness (QED) is 0.874. The number of hydrogen-bond donors (Lipinski definition) is 1. The van der Waals surface area contributed by atoms with Crippen LogP contribution in [0.2, 0.25) is 0 Å². The van der Waals surface area contributed by atoms with Crippen LogP contribution in [0.15, 0.2) is 24.4 Å². The molecule has 0 aliphatic heterocycles. The van der Waals surface area contributed by atoms with Crippen molar-refractivity contribution in [2.24, 2.45) is 0 Å².